The van der Waals surface area contributed by atoms with Crippen LogP contribution in [0.15, 0.2) is 40.8 Å². The number of ether oxygens (including phenoxy) is 1. The van der Waals surface area contributed by atoms with Gasteiger partial charge in [0.15, 0.2) is 6.61 Å². The van der Waals surface area contributed by atoms with Gasteiger partial charge in [0.1, 0.15) is 0 Å². The van der Waals surface area contributed by atoms with Crippen molar-refractivity contribution >= 4 is 40.8 Å². The Morgan fingerprint density at radius 2 is 1.88 bits per heavy atom. The Bertz CT molecular complexity index is 941. The highest BCUT2D eigenvalue weighted by Gasteiger charge is 2.20. The number of halogens is 3. The third-order valence-electron chi connectivity index (χ3n) is 3.31. The number of aryl methyl sites for hydroxylation is 1. The number of hydrogen-bond acceptors (Lipinski definition) is 5. The second kappa shape index (κ2) is 7.44. The van der Waals surface area contributed by atoms with Crippen molar-refractivity contribution in [2.75, 3.05) is 0 Å². The lowest BCUT2D eigenvalue weighted by Crippen LogP contribution is -2.07. The summed E-state index contributed by atoms with van der Waals surface area (Å²) in [5.41, 5.74) is 1.84. The van der Waals surface area contributed by atoms with Gasteiger partial charge in [0, 0.05) is 5.56 Å². The molecule has 1 aromatic heterocycles. The lowest BCUT2D eigenvalue weighted by atomic mass is 10.1. The van der Waals surface area contributed by atoms with Crippen molar-refractivity contribution in [1.82, 2.24) is 10.2 Å². The molecule has 0 unspecified atom stereocenters. The zero-order chi connectivity index (χ0) is 18.0. The number of rotatable bonds is 4. The van der Waals surface area contributed by atoms with Crippen LogP contribution in [0.3, 0.4) is 0 Å². The van der Waals surface area contributed by atoms with E-state index in [2.05, 4.69) is 10.2 Å². The monoisotopic (exact) mass is 396 g/mol. The van der Waals surface area contributed by atoms with Crippen molar-refractivity contribution in [3.05, 3.63) is 68.5 Å². The summed E-state index contributed by atoms with van der Waals surface area (Å²) in [4.78, 5) is 12.2. The maximum atomic E-state index is 12.2. The second-order valence-corrected chi connectivity index (χ2v) is 6.36. The molecule has 1 heterocycles. The first-order chi connectivity index (χ1) is 12.0. The lowest BCUT2D eigenvalue weighted by Gasteiger charge is -2.07. The Morgan fingerprint density at radius 1 is 1.12 bits per heavy atom. The highest BCUT2D eigenvalue weighted by Crippen LogP contribution is 2.32. The number of hydrogen-bond donors (Lipinski definition) is 0. The molecule has 0 bridgehead atoms. The minimum atomic E-state index is -0.729. The molecule has 0 fully saturated rings. The molecule has 0 saturated heterocycles. The van der Waals surface area contributed by atoms with Crippen LogP contribution in [0.1, 0.15) is 21.8 Å². The van der Waals surface area contributed by atoms with Crippen LogP contribution in [0.5, 0.6) is 0 Å². The normalized spacial score (nSPS) is 10.7. The van der Waals surface area contributed by atoms with Crippen LogP contribution in [0.25, 0.3) is 11.5 Å². The molecular formula is C17H11Cl3N2O3. The molecule has 0 radical (unpaired) electrons. The minimum absolute atomic E-state index is 0.00532. The molecular weight excluding hydrogens is 387 g/mol. The number of esters is 1. The Labute approximate surface area is 158 Å². The number of aromatic nitrogens is 2. The highest BCUT2D eigenvalue weighted by atomic mass is 35.5. The Balaban J connectivity index is 1.73. The largest absolute Gasteiger partial charge is 0.452 e. The van der Waals surface area contributed by atoms with Crippen LogP contribution < -0.4 is 0 Å². The molecule has 3 aromatic rings. The maximum absolute atomic E-state index is 12.2. The van der Waals surface area contributed by atoms with Crippen molar-refractivity contribution in [2.45, 2.75) is 13.5 Å². The molecule has 0 spiro atoms. The quantitative estimate of drug-likeness (QED) is 0.438. The van der Waals surface area contributed by atoms with Gasteiger partial charge in [0.25, 0.3) is 5.89 Å². The van der Waals surface area contributed by atoms with Crippen molar-refractivity contribution in [3.8, 4) is 11.5 Å². The van der Waals surface area contributed by atoms with Crippen LogP contribution in [-0.2, 0) is 11.3 Å². The summed E-state index contributed by atoms with van der Waals surface area (Å²) in [6.45, 7) is 1.75. The molecule has 2 aromatic carbocycles. The molecule has 5 nitrogen and oxygen atoms in total. The summed E-state index contributed by atoms with van der Waals surface area (Å²) in [5, 5.41) is 8.19. The molecule has 0 aliphatic heterocycles. The first-order valence-electron chi connectivity index (χ1n) is 7.15. The summed E-state index contributed by atoms with van der Waals surface area (Å²) in [7, 11) is 0. The van der Waals surface area contributed by atoms with E-state index in [1.807, 2.05) is 31.2 Å². The summed E-state index contributed by atoms with van der Waals surface area (Å²) in [6.07, 6.45) is 0. The lowest BCUT2D eigenvalue weighted by molar-refractivity contribution is 0.0439. The number of nitrogens with zero attached hydrogens (tertiary/aromatic N) is 2. The van der Waals surface area contributed by atoms with E-state index < -0.39 is 5.97 Å². The number of carbonyl (C=O) groups excluding carboxylic acids is 1. The van der Waals surface area contributed by atoms with Gasteiger partial charge >= 0.3 is 5.97 Å². The topological polar surface area (TPSA) is 65.2 Å². The van der Waals surface area contributed by atoms with Gasteiger partial charge in [-0.15, -0.1) is 10.2 Å². The van der Waals surface area contributed by atoms with E-state index in [1.54, 1.807) is 0 Å². The zero-order valence-electron chi connectivity index (χ0n) is 12.9. The molecule has 0 aliphatic rings. The Morgan fingerprint density at radius 3 is 2.64 bits per heavy atom. The van der Waals surface area contributed by atoms with E-state index in [0.29, 0.717) is 5.89 Å². The Hall–Kier alpha value is -2.08. The van der Waals surface area contributed by atoms with Crippen LogP contribution in [0.2, 0.25) is 15.1 Å². The van der Waals surface area contributed by atoms with E-state index >= 15 is 0 Å². The summed E-state index contributed by atoms with van der Waals surface area (Å²) in [6, 6.07) is 10.6. The molecule has 0 N–H and O–H groups in total. The van der Waals surface area contributed by atoms with E-state index in [-0.39, 0.29) is 33.1 Å². The van der Waals surface area contributed by atoms with E-state index in [4.69, 9.17) is 44.0 Å². The number of carbonyl (C=O) groups is 1. The van der Waals surface area contributed by atoms with Gasteiger partial charge in [-0.1, -0.05) is 52.5 Å². The zero-order valence-corrected chi connectivity index (χ0v) is 15.2. The molecule has 0 aliphatic carbocycles. The molecule has 8 heteroatoms. The molecule has 0 saturated carbocycles. The fraction of sp³-hybridized carbons (Fsp3) is 0.118. The summed E-state index contributed by atoms with van der Waals surface area (Å²) in [5.74, 6) is -0.236. The van der Waals surface area contributed by atoms with Crippen LogP contribution in [0.4, 0.5) is 0 Å². The minimum Gasteiger partial charge on any atom is -0.452 e. The second-order valence-electron chi connectivity index (χ2n) is 5.16. The van der Waals surface area contributed by atoms with Crippen molar-refractivity contribution in [2.24, 2.45) is 0 Å². The van der Waals surface area contributed by atoms with E-state index in [1.165, 1.54) is 12.1 Å². The smallest absolute Gasteiger partial charge is 0.341 e. The summed E-state index contributed by atoms with van der Waals surface area (Å²) < 4.78 is 10.6. The van der Waals surface area contributed by atoms with Gasteiger partial charge in [-0.2, -0.15) is 0 Å². The molecule has 0 amide bonds. The molecule has 25 heavy (non-hydrogen) atoms. The predicted octanol–water partition coefficient (Wildman–Crippen LogP) is 5.36. The first-order valence-corrected chi connectivity index (χ1v) is 8.29. The van der Waals surface area contributed by atoms with Crippen molar-refractivity contribution < 1.29 is 13.9 Å². The van der Waals surface area contributed by atoms with Gasteiger partial charge in [0.2, 0.25) is 5.89 Å². The van der Waals surface area contributed by atoms with Gasteiger partial charge in [-0.3, -0.25) is 0 Å². The van der Waals surface area contributed by atoms with Crippen LogP contribution >= 0.6 is 34.8 Å². The maximum Gasteiger partial charge on any atom is 0.341 e. The number of benzene rings is 2. The average Bonchev–Trinajstić information content (AvgIpc) is 3.06. The fourth-order valence-electron chi connectivity index (χ4n) is 2.12. The summed E-state index contributed by atoms with van der Waals surface area (Å²) >= 11 is 17.9. The van der Waals surface area contributed by atoms with Gasteiger partial charge in [0.05, 0.1) is 20.6 Å². The third-order valence-corrected chi connectivity index (χ3v) is 4.43. The molecule has 3 rings (SSSR count). The molecule has 0 atom stereocenters. The molecule has 128 valence electrons. The van der Waals surface area contributed by atoms with Crippen LogP contribution in [-0.4, -0.2) is 16.2 Å². The standard InChI is InChI=1S/C17H11Cl3N2O3/c1-9-3-2-4-10(7-9)16-22-21-13(25-16)8-24-17(23)14-11(18)5-6-12(19)15(14)20/h2-7H,8H2,1H3. The van der Waals surface area contributed by atoms with Gasteiger partial charge in [-0.05, 0) is 31.2 Å². The van der Waals surface area contributed by atoms with Gasteiger partial charge in [-0.25, -0.2) is 4.79 Å². The van der Waals surface area contributed by atoms with Crippen LogP contribution in [0, 0.1) is 6.92 Å². The predicted molar refractivity (Wildman–Crippen MR) is 95.1 cm³/mol. The highest BCUT2D eigenvalue weighted by molar-refractivity contribution is 6.46. The average molecular weight is 398 g/mol. The first kappa shape index (κ1) is 17.7. The van der Waals surface area contributed by atoms with E-state index in [0.717, 1.165) is 11.1 Å². The SMILES string of the molecule is Cc1cccc(-c2nnc(COC(=O)c3c(Cl)ccc(Cl)c3Cl)o2)c1. The van der Waals surface area contributed by atoms with Crippen molar-refractivity contribution in [1.29, 1.82) is 0 Å². The fourth-order valence-corrected chi connectivity index (χ4v) is 2.80. The third kappa shape index (κ3) is 3.95. The van der Waals surface area contributed by atoms with Crippen molar-refractivity contribution in [3.63, 3.8) is 0 Å². The van der Waals surface area contributed by atoms with Gasteiger partial charge < -0.3 is 9.15 Å². The Kier molecular flexibility index (Phi) is 5.27. The van der Waals surface area contributed by atoms with E-state index in [9.17, 15) is 4.79 Å².